The van der Waals surface area contributed by atoms with Crippen molar-refractivity contribution in [2.45, 2.75) is 6.42 Å². The molecular formula is C7H6ClN3. The second-order valence-electron chi connectivity index (χ2n) is 2.06. The van der Waals surface area contributed by atoms with Crippen molar-refractivity contribution in [3.63, 3.8) is 0 Å². The van der Waals surface area contributed by atoms with Gasteiger partial charge in [-0.1, -0.05) is 11.6 Å². The number of nitrogens with two attached hydrogens (primary N) is 1. The van der Waals surface area contributed by atoms with E-state index in [9.17, 15) is 0 Å². The van der Waals surface area contributed by atoms with Crippen LogP contribution in [-0.2, 0) is 6.42 Å². The fourth-order valence-electron chi connectivity index (χ4n) is 0.766. The van der Waals surface area contributed by atoms with Crippen LogP contribution in [0, 0.1) is 11.3 Å². The lowest BCUT2D eigenvalue weighted by atomic mass is 10.2. The molecule has 56 valence electrons. The number of halogens is 1. The second-order valence-corrected chi connectivity index (χ2v) is 2.45. The van der Waals surface area contributed by atoms with Crippen LogP contribution in [0.25, 0.3) is 0 Å². The highest BCUT2D eigenvalue weighted by atomic mass is 35.5. The summed E-state index contributed by atoms with van der Waals surface area (Å²) in [7, 11) is 0. The molecular weight excluding hydrogens is 162 g/mol. The van der Waals surface area contributed by atoms with Crippen LogP contribution in [0.1, 0.15) is 5.56 Å². The molecule has 0 aliphatic heterocycles. The lowest BCUT2D eigenvalue weighted by Crippen LogP contribution is -1.92. The molecule has 0 saturated heterocycles. The lowest BCUT2D eigenvalue weighted by molar-refractivity contribution is 1.22. The van der Waals surface area contributed by atoms with Crippen LogP contribution in [-0.4, -0.2) is 4.98 Å². The van der Waals surface area contributed by atoms with Gasteiger partial charge in [0.1, 0.15) is 11.0 Å². The summed E-state index contributed by atoms with van der Waals surface area (Å²) in [6, 6.07) is 5.26. The first-order valence-electron chi connectivity index (χ1n) is 3.01. The van der Waals surface area contributed by atoms with Crippen LogP contribution in [0.4, 0.5) is 5.82 Å². The zero-order valence-corrected chi connectivity index (χ0v) is 6.47. The number of nitrogens with zero attached hydrogens (tertiary/aromatic N) is 2. The van der Waals surface area contributed by atoms with E-state index in [-0.39, 0.29) is 0 Å². The monoisotopic (exact) mass is 167 g/mol. The topological polar surface area (TPSA) is 62.7 Å². The Balaban J connectivity index is 3.01. The summed E-state index contributed by atoms with van der Waals surface area (Å²) < 4.78 is 0. The molecule has 0 aliphatic carbocycles. The summed E-state index contributed by atoms with van der Waals surface area (Å²) >= 11 is 5.59. The minimum absolute atomic E-state index is 0.312. The third-order valence-electron chi connectivity index (χ3n) is 1.16. The van der Waals surface area contributed by atoms with Gasteiger partial charge in [0.05, 0.1) is 12.5 Å². The van der Waals surface area contributed by atoms with Crippen LogP contribution >= 0.6 is 11.6 Å². The van der Waals surface area contributed by atoms with E-state index >= 15 is 0 Å². The summed E-state index contributed by atoms with van der Waals surface area (Å²) in [6.07, 6.45) is 0.312. The Morgan fingerprint density at radius 2 is 2.36 bits per heavy atom. The van der Waals surface area contributed by atoms with Gasteiger partial charge in [-0.2, -0.15) is 5.26 Å². The summed E-state index contributed by atoms with van der Waals surface area (Å²) in [5.74, 6) is 0.350. The van der Waals surface area contributed by atoms with Crippen molar-refractivity contribution in [1.29, 1.82) is 5.26 Å². The van der Waals surface area contributed by atoms with Crippen LogP contribution in [0.2, 0.25) is 5.15 Å². The fraction of sp³-hybridized carbons (Fsp3) is 0.143. The zero-order chi connectivity index (χ0) is 8.27. The Labute approximate surface area is 69.4 Å². The molecule has 0 radical (unpaired) electrons. The highest BCUT2D eigenvalue weighted by molar-refractivity contribution is 6.29. The number of aromatic nitrogens is 1. The quantitative estimate of drug-likeness (QED) is 0.643. The minimum atomic E-state index is 0.312. The van der Waals surface area contributed by atoms with E-state index < -0.39 is 0 Å². The maximum Gasteiger partial charge on any atom is 0.131 e. The van der Waals surface area contributed by atoms with Crippen molar-refractivity contribution in [1.82, 2.24) is 4.98 Å². The van der Waals surface area contributed by atoms with E-state index in [1.807, 2.05) is 6.07 Å². The van der Waals surface area contributed by atoms with Gasteiger partial charge in [-0.25, -0.2) is 4.98 Å². The van der Waals surface area contributed by atoms with E-state index in [1.54, 1.807) is 12.1 Å². The number of hydrogen-bond acceptors (Lipinski definition) is 3. The number of pyridine rings is 1. The SMILES string of the molecule is N#CCc1cc(N)nc(Cl)c1. The van der Waals surface area contributed by atoms with Gasteiger partial charge in [0.15, 0.2) is 0 Å². The molecule has 1 rings (SSSR count). The van der Waals surface area contributed by atoms with E-state index in [2.05, 4.69) is 4.98 Å². The molecule has 0 spiro atoms. The van der Waals surface area contributed by atoms with Crippen molar-refractivity contribution < 1.29 is 0 Å². The molecule has 0 unspecified atom stereocenters. The predicted molar refractivity (Wildman–Crippen MR) is 43.0 cm³/mol. The molecule has 3 nitrogen and oxygen atoms in total. The predicted octanol–water partition coefficient (Wildman–Crippen LogP) is 1.38. The Bertz CT molecular complexity index is 283. The molecule has 0 aliphatic rings. The van der Waals surface area contributed by atoms with Gasteiger partial charge in [-0.05, 0) is 17.7 Å². The molecule has 0 fully saturated rings. The maximum atomic E-state index is 8.35. The molecule has 0 amide bonds. The molecule has 1 heterocycles. The van der Waals surface area contributed by atoms with E-state index in [0.29, 0.717) is 17.4 Å². The first kappa shape index (κ1) is 7.83. The summed E-state index contributed by atoms with van der Waals surface area (Å²) in [4.78, 5) is 3.75. The van der Waals surface area contributed by atoms with E-state index in [4.69, 9.17) is 22.6 Å². The third kappa shape index (κ3) is 2.10. The maximum absolute atomic E-state index is 8.35. The summed E-state index contributed by atoms with van der Waals surface area (Å²) in [6.45, 7) is 0. The molecule has 11 heavy (non-hydrogen) atoms. The van der Waals surface area contributed by atoms with Gasteiger partial charge in [-0.3, -0.25) is 0 Å². The van der Waals surface area contributed by atoms with Gasteiger partial charge in [-0.15, -0.1) is 0 Å². The molecule has 0 saturated carbocycles. The van der Waals surface area contributed by atoms with Crippen molar-refractivity contribution in [3.05, 3.63) is 22.8 Å². The van der Waals surface area contributed by atoms with Crippen molar-refractivity contribution in [2.75, 3.05) is 5.73 Å². The Kier molecular flexibility index (Phi) is 2.29. The fourth-order valence-corrected chi connectivity index (χ4v) is 1.00. The number of anilines is 1. The van der Waals surface area contributed by atoms with Crippen molar-refractivity contribution in [3.8, 4) is 6.07 Å². The van der Waals surface area contributed by atoms with Crippen LogP contribution in [0.5, 0.6) is 0 Å². The van der Waals surface area contributed by atoms with Crippen LogP contribution in [0.3, 0.4) is 0 Å². The van der Waals surface area contributed by atoms with Gasteiger partial charge >= 0.3 is 0 Å². The molecule has 4 heteroatoms. The molecule has 0 bridgehead atoms. The third-order valence-corrected chi connectivity index (χ3v) is 1.35. The number of hydrogen-bond donors (Lipinski definition) is 1. The average Bonchev–Trinajstić information content (AvgIpc) is 1.85. The number of rotatable bonds is 1. The number of nitriles is 1. The second kappa shape index (κ2) is 3.22. The van der Waals surface area contributed by atoms with Gasteiger partial charge in [0.25, 0.3) is 0 Å². The Hall–Kier alpha value is -1.27. The molecule has 0 atom stereocenters. The van der Waals surface area contributed by atoms with Crippen LogP contribution < -0.4 is 5.73 Å². The highest BCUT2D eigenvalue weighted by Crippen LogP contribution is 2.11. The Morgan fingerprint density at radius 3 is 2.91 bits per heavy atom. The standard InChI is InChI=1S/C7H6ClN3/c8-6-3-5(1-2-9)4-7(10)11-6/h3-4H,1H2,(H2,10,11). The van der Waals surface area contributed by atoms with Gasteiger partial charge in [0, 0.05) is 0 Å². The molecule has 2 N–H and O–H groups in total. The molecule has 1 aromatic heterocycles. The number of nitrogen functional groups attached to an aromatic ring is 1. The molecule has 1 aromatic rings. The zero-order valence-electron chi connectivity index (χ0n) is 5.71. The Morgan fingerprint density at radius 1 is 1.64 bits per heavy atom. The first-order chi connectivity index (χ1) is 5.22. The summed E-state index contributed by atoms with van der Waals surface area (Å²) in [5, 5.41) is 8.68. The smallest absolute Gasteiger partial charge is 0.131 e. The van der Waals surface area contributed by atoms with E-state index in [0.717, 1.165) is 5.56 Å². The van der Waals surface area contributed by atoms with Gasteiger partial charge in [0.2, 0.25) is 0 Å². The van der Waals surface area contributed by atoms with Crippen molar-refractivity contribution in [2.24, 2.45) is 0 Å². The minimum Gasteiger partial charge on any atom is -0.384 e. The first-order valence-corrected chi connectivity index (χ1v) is 3.39. The normalized spacial score (nSPS) is 9.09. The average molecular weight is 168 g/mol. The molecule has 0 aromatic carbocycles. The van der Waals surface area contributed by atoms with E-state index in [1.165, 1.54) is 0 Å². The lowest BCUT2D eigenvalue weighted by Gasteiger charge is -1.96. The van der Waals surface area contributed by atoms with Crippen LogP contribution in [0.15, 0.2) is 12.1 Å². The largest absolute Gasteiger partial charge is 0.384 e. The highest BCUT2D eigenvalue weighted by Gasteiger charge is 1.96. The summed E-state index contributed by atoms with van der Waals surface area (Å²) in [5.41, 5.74) is 6.18. The van der Waals surface area contributed by atoms with Crippen molar-refractivity contribution >= 4 is 17.4 Å². The van der Waals surface area contributed by atoms with Gasteiger partial charge < -0.3 is 5.73 Å².